The van der Waals surface area contributed by atoms with Crippen LogP contribution in [0.15, 0.2) is 36.5 Å². The topological polar surface area (TPSA) is 83.3 Å². The van der Waals surface area contributed by atoms with Crippen LogP contribution in [0.25, 0.3) is 16.9 Å². The van der Waals surface area contributed by atoms with Crippen molar-refractivity contribution in [3.05, 3.63) is 41.6 Å². The predicted molar refractivity (Wildman–Crippen MR) is 112 cm³/mol. The molecule has 0 fully saturated rings. The monoisotopic (exact) mass is 384 g/mol. The fourth-order valence-electron chi connectivity index (χ4n) is 2.69. The van der Waals surface area contributed by atoms with E-state index in [4.69, 9.17) is 16.6 Å². The molecule has 0 aliphatic rings. The number of carbonyl (C=O) groups excluding carboxylic acids is 1. The fourth-order valence-corrected chi connectivity index (χ4v) is 2.92. The summed E-state index contributed by atoms with van der Waals surface area (Å²) in [4.78, 5) is 16.4. The molecule has 0 unspecified atom stereocenters. The van der Waals surface area contributed by atoms with Crippen LogP contribution in [0.3, 0.4) is 0 Å². The molecule has 3 N–H and O–H groups in total. The first kappa shape index (κ1) is 19.0. The van der Waals surface area contributed by atoms with Gasteiger partial charge in [0.25, 0.3) is 0 Å². The van der Waals surface area contributed by atoms with Gasteiger partial charge in [-0.2, -0.15) is 9.61 Å². The zero-order chi connectivity index (χ0) is 19.4. The van der Waals surface area contributed by atoms with E-state index in [0.717, 1.165) is 28.2 Å². The zero-order valence-corrected chi connectivity index (χ0v) is 16.3. The van der Waals surface area contributed by atoms with Crippen molar-refractivity contribution in [2.75, 3.05) is 18.4 Å². The average molecular weight is 385 g/mol. The van der Waals surface area contributed by atoms with Gasteiger partial charge in [0.2, 0.25) is 0 Å². The molecule has 9 heteroatoms. The molecule has 140 valence electrons. The lowest BCUT2D eigenvalue weighted by atomic mass is 10.0. The van der Waals surface area contributed by atoms with Gasteiger partial charge in [0.15, 0.2) is 5.65 Å². The number of rotatable bonds is 6. The second-order valence-electron chi connectivity index (χ2n) is 6.55. The van der Waals surface area contributed by atoms with Crippen LogP contribution in [0.2, 0.25) is 5.02 Å². The molecule has 27 heavy (non-hydrogen) atoms. The van der Waals surface area contributed by atoms with E-state index in [1.165, 1.54) is 0 Å². The summed E-state index contributed by atoms with van der Waals surface area (Å²) in [6.45, 7) is 4.86. The number of aromatic nitrogens is 3. The van der Waals surface area contributed by atoms with Crippen LogP contribution < -0.4 is 21.4 Å². The molecule has 3 aromatic rings. The molecule has 0 aliphatic heterocycles. The summed E-state index contributed by atoms with van der Waals surface area (Å²) in [5.74, 6) is 0.786. The van der Waals surface area contributed by atoms with Crippen molar-refractivity contribution >= 4 is 42.4 Å². The highest BCUT2D eigenvalue weighted by molar-refractivity contribution is 6.36. The van der Waals surface area contributed by atoms with Crippen LogP contribution in [0.5, 0.6) is 0 Å². The van der Waals surface area contributed by atoms with E-state index in [1.807, 2.05) is 52.0 Å². The van der Waals surface area contributed by atoms with Crippen molar-refractivity contribution in [3.63, 3.8) is 0 Å². The number of urea groups is 1. The third kappa shape index (κ3) is 4.52. The van der Waals surface area contributed by atoms with Crippen LogP contribution >= 0.6 is 11.6 Å². The van der Waals surface area contributed by atoms with Gasteiger partial charge in [-0.3, -0.25) is 0 Å². The molecule has 2 aromatic heterocycles. The van der Waals surface area contributed by atoms with Gasteiger partial charge >= 0.3 is 6.03 Å². The molecule has 2 heterocycles. The normalized spacial score (nSPS) is 11.0. The molecule has 0 saturated carbocycles. The number of anilines is 1. The lowest BCUT2D eigenvalue weighted by Crippen LogP contribution is -2.41. The van der Waals surface area contributed by atoms with Crippen molar-refractivity contribution in [1.82, 2.24) is 25.2 Å². The van der Waals surface area contributed by atoms with Gasteiger partial charge < -0.3 is 16.0 Å². The number of nitrogens with one attached hydrogen (secondary N) is 3. The minimum absolute atomic E-state index is 0.100. The van der Waals surface area contributed by atoms with E-state index in [2.05, 4.69) is 21.0 Å². The molecule has 3 rings (SSSR count). The van der Waals surface area contributed by atoms with Crippen molar-refractivity contribution in [3.8, 4) is 11.3 Å². The van der Waals surface area contributed by atoms with Crippen molar-refractivity contribution in [2.24, 2.45) is 0 Å². The van der Waals surface area contributed by atoms with E-state index in [0.29, 0.717) is 18.1 Å². The maximum absolute atomic E-state index is 11.7. The lowest BCUT2D eigenvalue weighted by Gasteiger charge is -2.13. The minimum atomic E-state index is -0.182. The summed E-state index contributed by atoms with van der Waals surface area (Å²) in [6, 6.07) is 9.43. The van der Waals surface area contributed by atoms with E-state index in [1.54, 1.807) is 10.7 Å². The standard InChI is InChI=1S/C18H22BClN6O/c1-11(2)24-18(27)22-8-7-21-16-9-15(12-5-3-4-6-14(12)20)25-17-13(19)10-23-26(16)17/h3-6,9-11,21H,7-8,19H2,1-2H3,(H2,22,24,27). The number of carbonyl (C=O) groups is 1. The molecule has 0 spiro atoms. The second-order valence-corrected chi connectivity index (χ2v) is 6.96. The third-order valence-corrected chi connectivity index (χ3v) is 4.26. The lowest BCUT2D eigenvalue weighted by molar-refractivity contribution is 0.239. The molecule has 0 bridgehead atoms. The zero-order valence-electron chi connectivity index (χ0n) is 15.6. The molecule has 0 aliphatic carbocycles. The van der Waals surface area contributed by atoms with Gasteiger partial charge in [0, 0.05) is 42.0 Å². The number of halogens is 1. The van der Waals surface area contributed by atoms with Crippen LogP contribution in [-0.2, 0) is 0 Å². The Hall–Kier alpha value is -2.74. The molecule has 0 atom stereocenters. The number of benzene rings is 1. The average Bonchev–Trinajstić information content (AvgIpc) is 2.99. The first-order valence-corrected chi connectivity index (χ1v) is 9.22. The Morgan fingerprint density at radius 2 is 2.07 bits per heavy atom. The maximum Gasteiger partial charge on any atom is 0.315 e. The largest absolute Gasteiger partial charge is 0.368 e. The van der Waals surface area contributed by atoms with Crippen molar-refractivity contribution in [2.45, 2.75) is 19.9 Å². The van der Waals surface area contributed by atoms with Crippen LogP contribution in [0.1, 0.15) is 13.8 Å². The van der Waals surface area contributed by atoms with Crippen molar-refractivity contribution < 1.29 is 4.79 Å². The summed E-state index contributed by atoms with van der Waals surface area (Å²) in [7, 11) is 1.97. The van der Waals surface area contributed by atoms with E-state index < -0.39 is 0 Å². The van der Waals surface area contributed by atoms with E-state index in [9.17, 15) is 4.79 Å². The quantitative estimate of drug-likeness (QED) is 0.443. The van der Waals surface area contributed by atoms with Crippen LogP contribution in [-0.4, -0.2) is 47.6 Å². The highest BCUT2D eigenvalue weighted by Gasteiger charge is 2.12. The Labute approximate surface area is 163 Å². The molecule has 7 nitrogen and oxygen atoms in total. The van der Waals surface area contributed by atoms with Gasteiger partial charge in [-0.1, -0.05) is 29.8 Å². The van der Waals surface area contributed by atoms with Gasteiger partial charge in [-0.25, -0.2) is 9.78 Å². The fraction of sp³-hybridized carbons (Fsp3) is 0.278. The molecule has 1 aromatic carbocycles. The summed E-state index contributed by atoms with van der Waals surface area (Å²) >= 11 is 6.34. The number of hydrogen-bond acceptors (Lipinski definition) is 4. The van der Waals surface area contributed by atoms with E-state index in [-0.39, 0.29) is 12.1 Å². The molecule has 0 radical (unpaired) electrons. The Morgan fingerprint density at radius 1 is 1.30 bits per heavy atom. The maximum atomic E-state index is 11.7. The summed E-state index contributed by atoms with van der Waals surface area (Å²) in [5, 5.41) is 13.9. The number of hydrogen-bond donors (Lipinski definition) is 3. The predicted octanol–water partition coefficient (Wildman–Crippen LogP) is 1.43. The number of fused-ring (bicyclic) bond motifs is 1. The van der Waals surface area contributed by atoms with Gasteiger partial charge in [-0.05, 0) is 25.4 Å². The Morgan fingerprint density at radius 3 is 2.81 bits per heavy atom. The van der Waals surface area contributed by atoms with Crippen LogP contribution in [0, 0.1) is 0 Å². The molecule has 0 saturated heterocycles. The smallest absolute Gasteiger partial charge is 0.315 e. The van der Waals surface area contributed by atoms with E-state index >= 15 is 0 Å². The highest BCUT2D eigenvalue weighted by atomic mass is 35.5. The summed E-state index contributed by atoms with van der Waals surface area (Å²) < 4.78 is 1.75. The van der Waals surface area contributed by atoms with Gasteiger partial charge in [-0.15, -0.1) is 0 Å². The Kier molecular flexibility index (Phi) is 5.86. The third-order valence-electron chi connectivity index (χ3n) is 3.93. The number of amides is 2. The minimum Gasteiger partial charge on any atom is -0.368 e. The SMILES string of the molecule is Bc1cnn2c(NCCNC(=O)NC(C)C)cc(-c3ccccc3Cl)nc12. The van der Waals surface area contributed by atoms with Crippen LogP contribution in [0.4, 0.5) is 10.6 Å². The number of nitrogens with zero attached hydrogens (tertiary/aromatic N) is 3. The molecule has 2 amide bonds. The summed E-state index contributed by atoms with van der Waals surface area (Å²) in [6.07, 6.45) is 1.78. The second kappa shape index (κ2) is 8.31. The van der Waals surface area contributed by atoms with Crippen molar-refractivity contribution in [1.29, 1.82) is 0 Å². The first-order chi connectivity index (χ1) is 13.0. The molecular weight excluding hydrogens is 363 g/mol. The Bertz CT molecular complexity index is 958. The molecular formula is C18H22BClN6O. The van der Waals surface area contributed by atoms with Gasteiger partial charge in [0.1, 0.15) is 13.7 Å². The summed E-state index contributed by atoms with van der Waals surface area (Å²) in [5.41, 5.74) is 3.37. The van der Waals surface area contributed by atoms with Gasteiger partial charge in [0.05, 0.1) is 5.69 Å². The highest BCUT2D eigenvalue weighted by Crippen LogP contribution is 2.28. The first-order valence-electron chi connectivity index (χ1n) is 8.84. The Balaban J connectivity index is 1.80.